The fourth-order valence-electron chi connectivity index (χ4n) is 3.20. The molecule has 2 N–H and O–H groups in total. The second-order valence-corrected chi connectivity index (χ2v) is 6.71. The van der Waals surface area contributed by atoms with E-state index >= 15 is 0 Å². The number of methoxy groups -OCH3 is 1. The molecule has 168 valence electrons. The van der Waals surface area contributed by atoms with Crippen molar-refractivity contribution in [2.45, 2.75) is 0 Å². The first kappa shape index (κ1) is 24.5. The summed E-state index contributed by atoms with van der Waals surface area (Å²) in [6.07, 6.45) is 1.50. The molecule has 0 radical (unpaired) electrons. The summed E-state index contributed by atoms with van der Waals surface area (Å²) < 4.78 is 10.3. The van der Waals surface area contributed by atoms with Gasteiger partial charge in [0.05, 0.1) is 13.4 Å². The molecule has 1 aromatic heterocycles. The summed E-state index contributed by atoms with van der Waals surface area (Å²) in [5.41, 5.74) is 0.581. The van der Waals surface area contributed by atoms with Crippen LogP contribution in [0.5, 0.6) is 5.75 Å². The van der Waals surface area contributed by atoms with Crippen molar-refractivity contribution < 1.29 is 18.7 Å². The second kappa shape index (κ2) is 12.2. The third-order valence-corrected chi connectivity index (χ3v) is 4.86. The van der Waals surface area contributed by atoms with Gasteiger partial charge in [0.15, 0.2) is 11.7 Å². The summed E-state index contributed by atoms with van der Waals surface area (Å²) in [6, 6.07) is 10.3. The van der Waals surface area contributed by atoms with Crippen LogP contribution in [0.25, 0.3) is 0 Å². The predicted molar refractivity (Wildman–Crippen MR) is 128 cm³/mol. The van der Waals surface area contributed by atoms with Crippen molar-refractivity contribution in [1.82, 2.24) is 20.4 Å². The van der Waals surface area contributed by atoms with E-state index in [0.717, 1.165) is 5.96 Å². The van der Waals surface area contributed by atoms with Gasteiger partial charge >= 0.3 is 0 Å². The fourth-order valence-corrected chi connectivity index (χ4v) is 3.20. The summed E-state index contributed by atoms with van der Waals surface area (Å²) in [4.78, 5) is 32.7. The number of hydrogen-bond donors (Lipinski definition) is 2. The lowest BCUT2D eigenvalue weighted by molar-refractivity contribution is 0.0657. The minimum atomic E-state index is -0.139. The third kappa shape index (κ3) is 6.61. The van der Waals surface area contributed by atoms with Crippen LogP contribution in [0.2, 0.25) is 0 Å². The Hall–Kier alpha value is -2.76. The standard InChI is InChI=1S/C21H27N5O4.HI/c1-22-21(24-10-9-23-19(27)16-5-7-17(29-2)8-6-16)26-13-11-25(12-14-26)20(28)18-4-3-15-30-18;/h3-8,15H,9-14H2,1-2H3,(H,22,24)(H,23,27);1H. The lowest BCUT2D eigenvalue weighted by atomic mass is 10.2. The van der Waals surface area contributed by atoms with Crippen LogP contribution < -0.4 is 15.4 Å². The van der Waals surface area contributed by atoms with Crippen molar-refractivity contribution in [1.29, 1.82) is 0 Å². The molecule has 0 aliphatic carbocycles. The van der Waals surface area contributed by atoms with Gasteiger partial charge in [-0.25, -0.2) is 0 Å². The summed E-state index contributed by atoms with van der Waals surface area (Å²) in [5, 5.41) is 6.13. The molecule has 0 unspecified atom stereocenters. The zero-order chi connectivity index (χ0) is 21.3. The Morgan fingerprint density at radius 1 is 1.03 bits per heavy atom. The fraction of sp³-hybridized carbons (Fsp3) is 0.381. The molecular formula is C21H28IN5O4. The van der Waals surface area contributed by atoms with Crippen molar-refractivity contribution in [2.75, 3.05) is 53.4 Å². The molecule has 1 fully saturated rings. The lowest BCUT2D eigenvalue weighted by Gasteiger charge is -2.36. The Morgan fingerprint density at radius 3 is 2.26 bits per heavy atom. The maximum absolute atomic E-state index is 12.4. The highest BCUT2D eigenvalue weighted by Gasteiger charge is 2.25. The molecule has 10 heteroatoms. The highest BCUT2D eigenvalue weighted by molar-refractivity contribution is 14.0. The number of guanidine groups is 1. The number of halogens is 1. The van der Waals surface area contributed by atoms with Gasteiger partial charge < -0.3 is 29.6 Å². The normalized spacial score (nSPS) is 13.9. The maximum Gasteiger partial charge on any atom is 0.289 e. The number of nitrogens with zero attached hydrogens (tertiary/aromatic N) is 3. The van der Waals surface area contributed by atoms with Gasteiger partial charge in [0.1, 0.15) is 5.75 Å². The van der Waals surface area contributed by atoms with Gasteiger partial charge in [-0.3, -0.25) is 14.6 Å². The average Bonchev–Trinajstić information content (AvgIpc) is 3.34. The third-order valence-electron chi connectivity index (χ3n) is 4.86. The Balaban J connectivity index is 0.00000341. The molecule has 2 amide bonds. The monoisotopic (exact) mass is 541 g/mol. The molecule has 9 nitrogen and oxygen atoms in total. The van der Waals surface area contributed by atoms with E-state index in [0.29, 0.717) is 56.3 Å². The van der Waals surface area contributed by atoms with Crippen molar-refractivity contribution in [2.24, 2.45) is 4.99 Å². The molecule has 1 aliphatic heterocycles. The topological polar surface area (TPSA) is 99.4 Å². The van der Waals surface area contributed by atoms with E-state index in [4.69, 9.17) is 9.15 Å². The van der Waals surface area contributed by atoms with Crippen LogP contribution in [0.4, 0.5) is 0 Å². The van der Waals surface area contributed by atoms with Crippen LogP contribution in [0.15, 0.2) is 52.1 Å². The van der Waals surface area contributed by atoms with Crippen molar-refractivity contribution in [3.63, 3.8) is 0 Å². The van der Waals surface area contributed by atoms with E-state index in [1.54, 1.807) is 55.5 Å². The van der Waals surface area contributed by atoms with Crippen molar-refractivity contribution >= 4 is 41.8 Å². The second-order valence-electron chi connectivity index (χ2n) is 6.71. The predicted octanol–water partition coefficient (Wildman–Crippen LogP) is 1.67. The van der Waals surface area contributed by atoms with Gasteiger partial charge in [0.25, 0.3) is 11.8 Å². The molecule has 2 aromatic rings. The first-order chi connectivity index (χ1) is 14.6. The number of furan rings is 1. The minimum absolute atomic E-state index is 0. The van der Waals surface area contributed by atoms with Crippen LogP contribution in [0, 0.1) is 0 Å². The zero-order valence-corrected chi connectivity index (χ0v) is 20.0. The average molecular weight is 541 g/mol. The Morgan fingerprint density at radius 2 is 1.68 bits per heavy atom. The van der Waals surface area contributed by atoms with E-state index in [9.17, 15) is 9.59 Å². The molecule has 1 saturated heterocycles. The number of carbonyl (C=O) groups excluding carboxylic acids is 2. The highest BCUT2D eigenvalue weighted by Crippen LogP contribution is 2.11. The van der Waals surface area contributed by atoms with Crippen LogP contribution in [-0.2, 0) is 0 Å². The smallest absolute Gasteiger partial charge is 0.289 e. The Bertz CT molecular complexity index is 862. The van der Waals surface area contributed by atoms with Crippen molar-refractivity contribution in [3.8, 4) is 5.75 Å². The van der Waals surface area contributed by atoms with Gasteiger partial charge in [-0.05, 0) is 36.4 Å². The van der Waals surface area contributed by atoms with Gasteiger partial charge in [-0.2, -0.15) is 0 Å². The number of carbonyl (C=O) groups is 2. The number of hydrogen-bond acceptors (Lipinski definition) is 5. The quantitative estimate of drug-likeness (QED) is 0.250. The number of aliphatic imine (C=N–C) groups is 1. The van der Waals surface area contributed by atoms with Crippen LogP contribution in [0.3, 0.4) is 0 Å². The summed E-state index contributed by atoms with van der Waals surface area (Å²) in [5.74, 6) is 1.59. The van der Waals surface area contributed by atoms with E-state index in [1.807, 2.05) is 0 Å². The molecule has 2 heterocycles. The first-order valence-electron chi connectivity index (χ1n) is 9.83. The van der Waals surface area contributed by atoms with Gasteiger partial charge in [0.2, 0.25) is 0 Å². The molecule has 0 atom stereocenters. The molecule has 31 heavy (non-hydrogen) atoms. The Kier molecular flexibility index (Phi) is 9.63. The first-order valence-corrected chi connectivity index (χ1v) is 9.83. The van der Waals surface area contributed by atoms with Crippen molar-refractivity contribution in [3.05, 3.63) is 54.0 Å². The van der Waals surface area contributed by atoms with E-state index in [1.165, 1.54) is 6.26 Å². The largest absolute Gasteiger partial charge is 0.497 e. The minimum Gasteiger partial charge on any atom is -0.497 e. The molecule has 0 saturated carbocycles. The van der Waals surface area contributed by atoms with Crippen LogP contribution in [0.1, 0.15) is 20.9 Å². The number of piperazine rings is 1. The summed E-state index contributed by atoms with van der Waals surface area (Å²) in [7, 11) is 3.31. The molecule has 3 rings (SSSR count). The summed E-state index contributed by atoms with van der Waals surface area (Å²) in [6.45, 7) is 3.53. The molecule has 0 bridgehead atoms. The lowest BCUT2D eigenvalue weighted by Crippen LogP contribution is -2.54. The molecular weight excluding hydrogens is 513 g/mol. The number of rotatable bonds is 6. The molecule has 0 spiro atoms. The van der Waals surface area contributed by atoms with Gasteiger partial charge in [-0.1, -0.05) is 0 Å². The zero-order valence-electron chi connectivity index (χ0n) is 17.7. The van der Waals surface area contributed by atoms with Crippen LogP contribution in [-0.4, -0.2) is 81.0 Å². The van der Waals surface area contributed by atoms with E-state index < -0.39 is 0 Å². The van der Waals surface area contributed by atoms with Crippen LogP contribution >= 0.6 is 24.0 Å². The Labute approximate surface area is 198 Å². The molecule has 1 aromatic carbocycles. The molecule has 1 aliphatic rings. The number of benzene rings is 1. The van der Waals surface area contributed by atoms with Gasteiger partial charge in [-0.15, -0.1) is 24.0 Å². The number of ether oxygens (including phenoxy) is 1. The van der Waals surface area contributed by atoms with E-state index in [-0.39, 0.29) is 35.8 Å². The number of nitrogens with one attached hydrogen (secondary N) is 2. The maximum atomic E-state index is 12.4. The SMILES string of the molecule is CN=C(NCCNC(=O)c1ccc(OC)cc1)N1CCN(C(=O)c2ccco2)CC1.I. The van der Waals surface area contributed by atoms with Gasteiger partial charge in [0, 0.05) is 51.9 Å². The highest BCUT2D eigenvalue weighted by atomic mass is 127. The van der Waals surface area contributed by atoms with E-state index in [2.05, 4.69) is 20.5 Å². The summed E-state index contributed by atoms with van der Waals surface area (Å²) >= 11 is 0. The number of amides is 2.